The maximum atomic E-state index is 15.2. The minimum absolute atomic E-state index is 0.0824. The molecule has 4 heterocycles. The number of benzene rings is 2. The molecule has 0 unspecified atom stereocenters. The Labute approximate surface area is 214 Å². The lowest BCUT2D eigenvalue weighted by Gasteiger charge is -2.28. The molecule has 7 nitrogen and oxygen atoms in total. The number of halogens is 2. The standard InChI is InChI=1S/C28H30F2N6O/c1-34-7-5-21(6-8-34)36-17-20(15-32-36)27-16-31-26-4-2-3-22(28(26)33-27)19-13-24(29)23(25(30)14-19)18-35-9-11-37-12-10-35/h2-4,13-17,21H,5-12,18H2,1H3. The first-order valence-electron chi connectivity index (χ1n) is 12.8. The number of morpholine rings is 1. The molecule has 6 rings (SSSR count). The number of ether oxygens (including phenoxy) is 1. The summed E-state index contributed by atoms with van der Waals surface area (Å²) in [5, 5.41) is 4.60. The molecular formula is C28H30F2N6O. The van der Waals surface area contributed by atoms with E-state index >= 15 is 8.78 Å². The quantitative estimate of drug-likeness (QED) is 0.398. The first-order chi connectivity index (χ1) is 18.0. The van der Waals surface area contributed by atoms with E-state index in [0.717, 1.165) is 31.5 Å². The van der Waals surface area contributed by atoms with Crippen molar-refractivity contribution >= 4 is 11.0 Å². The highest BCUT2D eigenvalue weighted by molar-refractivity contribution is 5.92. The fraction of sp³-hybridized carbons (Fsp3) is 0.393. The van der Waals surface area contributed by atoms with Crippen LogP contribution in [0.15, 0.2) is 48.9 Å². The average molecular weight is 505 g/mol. The molecule has 2 saturated heterocycles. The molecule has 0 N–H and O–H groups in total. The second-order valence-electron chi connectivity index (χ2n) is 9.98. The van der Waals surface area contributed by atoms with Crippen molar-refractivity contribution in [1.82, 2.24) is 29.5 Å². The molecule has 2 aliphatic heterocycles. The van der Waals surface area contributed by atoms with E-state index in [1.165, 1.54) is 12.1 Å². The Kier molecular flexibility index (Phi) is 6.67. The molecule has 9 heteroatoms. The molecule has 2 aromatic heterocycles. The predicted octanol–water partition coefficient (Wildman–Crippen LogP) is 4.54. The van der Waals surface area contributed by atoms with Crippen molar-refractivity contribution in [2.75, 3.05) is 46.4 Å². The van der Waals surface area contributed by atoms with Crippen molar-refractivity contribution in [3.63, 3.8) is 0 Å². The van der Waals surface area contributed by atoms with Gasteiger partial charge in [0.25, 0.3) is 0 Å². The van der Waals surface area contributed by atoms with E-state index in [1.807, 2.05) is 40.2 Å². The van der Waals surface area contributed by atoms with Gasteiger partial charge in [0.15, 0.2) is 0 Å². The first-order valence-corrected chi connectivity index (χ1v) is 12.8. The molecule has 0 bridgehead atoms. The Morgan fingerprint density at radius 3 is 2.49 bits per heavy atom. The second kappa shape index (κ2) is 10.2. The lowest BCUT2D eigenvalue weighted by atomic mass is 10.0. The smallest absolute Gasteiger partial charge is 0.131 e. The molecule has 192 valence electrons. The van der Waals surface area contributed by atoms with Gasteiger partial charge in [0.05, 0.1) is 48.4 Å². The summed E-state index contributed by atoms with van der Waals surface area (Å²) in [5.74, 6) is -1.11. The van der Waals surface area contributed by atoms with Gasteiger partial charge in [-0.1, -0.05) is 12.1 Å². The van der Waals surface area contributed by atoms with Gasteiger partial charge in [0, 0.05) is 42.5 Å². The van der Waals surface area contributed by atoms with E-state index < -0.39 is 11.6 Å². The van der Waals surface area contributed by atoms with Crippen LogP contribution in [0.1, 0.15) is 24.4 Å². The third-order valence-corrected chi connectivity index (χ3v) is 7.47. The number of nitrogens with zero attached hydrogens (tertiary/aromatic N) is 6. The van der Waals surface area contributed by atoms with E-state index in [2.05, 4.69) is 22.0 Å². The highest BCUT2D eigenvalue weighted by atomic mass is 19.1. The molecule has 0 radical (unpaired) electrons. The average Bonchev–Trinajstić information content (AvgIpc) is 3.41. The molecule has 2 fully saturated rings. The minimum Gasteiger partial charge on any atom is -0.379 e. The summed E-state index contributed by atoms with van der Waals surface area (Å²) in [5.41, 5.74) is 4.00. The van der Waals surface area contributed by atoms with Gasteiger partial charge in [0.2, 0.25) is 0 Å². The van der Waals surface area contributed by atoms with Crippen LogP contribution < -0.4 is 0 Å². The van der Waals surface area contributed by atoms with Crippen LogP contribution >= 0.6 is 0 Å². The molecule has 0 aliphatic carbocycles. The normalized spacial score (nSPS) is 18.0. The maximum absolute atomic E-state index is 15.2. The van der Waals surface area contributed by atoms with Gasteiger partial charge >= 0.3 is 0 Å². The predicted molar refractivity (Wildman–Crippen MR) is 138 cm³/mol. The summed E-state index contributed by atoms with van der Waals surface area (Å²) in [6.07, 6.45) is 7.69. The zero-order valence-corrected chi connectivity index (χ0v) is 20.9. The number of rotatable bonds is 5. The van der Waals surface area contributed by atoms with Crippen molar-refractivity contribution in [3.05, 3.63) is 66.1 Å². The molecule has 37 heavy (non-hydrogen) atoms. The Morgan fingerprint density at radius 1 is 0.973 bits per heavy atom. The van der Waals surface area contributed by atoms with E-state index in [1.54, 1.807) is 6.20 Å². The number of likely N-dealkylation sites (tertiary alicyclic amines) is 1. The molecule has 0 saturated carbocycles. The lowest BCUT2D eigenvalue weighted by Crippen LogP contribution is -2.36. The van der Waals surface area contributed by atoms with Gasteiger partial charge in [-0.15, -0.1) is 0 Å². The largest absolute Gasteiger partial charge is 0.379 e. The fourth-order valence-electron chi connectivity index (χ4n) is 5.23. The van der Waals surface area contributed by atoms with Crippen LogP contribution in [0.3, 0.4) is 0 Å². The van der Waals surface area contributed by atoms with Crippen molar-refractivity contribution in [2.24, 2.45) is 0 Å². The Balaban J connectivity index is 1.32. The van der Waals surface area contributed by atoms with Crippen molar-refractivity contribution in [2.45, 2.75) is 25.4 Å². The molecule has 4 aromatic rings. The van der Waals surface area contributed by atoms with E-state index in [4.69, 9.17) is 9.72 Å². The Morgan fingerprint density at radius 2 is 1.73 bits per heavy atom. The molecule has 0 atom stereocenters. The van der Waals surface area contributed by atoms with Gasteiger partial charge in [-0.2, -0.15) is 5.10 Å². The Hall–Kier alpha value is -3.27. The number of fused-ring (bicyclic) bond motifs is 1. The highest BCUT2D eigenvalue weighted by Crippen LogP contribution is 2.32. The topological polar surface area (TPSA) is 59.3 Å². The monoisotopic (exact) mass is 504 g/mol. The zero-order chi connectivity index (χ0) is 25.4. The molecular weight excluding hydrogens is 474 g/mol. The summed E-state index contributed by atoms with van der Waals surface area (Å²) < 4.78 is 37.7. The van der Waals surface area contributed by atoms with Crippen LogP contribution in [0.25, 0.3) is 33.4 Å². The summed E-state index contributed by atoms with van der Waals surface area (Å²) in [4.78, 5) is 13.8. The number of aromatic nitrogens is 4. The summed E-state index contributed by atoms with van der Waals surface area (Å²) in [7, 11) is 2.14. The number of hydrogen-bond acceptors (Lipinski definition) is 6. The van der Waals surface area contributed by atoms with Gasteiger partial charge < -0.3 is 9.64 Å². The first kappa shape index (κ1) is 24.1. The number of para-hydroxylation sites is 1. The lowest BCUT2D eigenvalue weighted by molar-refractivity contribution is 0.0332. The van der Waals surface area contributed by atoms with E-state index in [0.29, 0.717) is 60.2 Å². The van der Waals surface area contributed by atoms with Crippen molar-refractivity contribution < 1.29 is 13.5 Å². The highest BCUT2D eigenvalue weighted by Gasteiger charge is 2.21. The van der Waals surface area contributed by atoms with Crippen molar-refractivity contribution in [3.8, 4) is 22.4 Å². The van der Waals surface area contributed by atoms with Gasteiger partial charge in [-0.25, -0.2) is 13.8 Å². The van der Waals surface area contributed by atoms with E-state index in [9.17, 15) is 0 Å². The minimum atomic E-state index is -0.554. The van der Waals surface area contributed by atoms with Gasteiger partial charge in [0.1, 0.15) is 11.6 Å². The molecule has 2 aliphatic rings. The SMILES string of the molecule is CN1CCC(n2cc(-c3cnc4cccc(-c5cc(F)c(CN6CCOCC6)c(F)c5)c4n3)cn2)CC1. The molecule has 2 aromatic carbocycles. The molecule has 0 amide bonds. The Bertz CT molecular complexity index is 1390. The summed E-state index contributed by atoms with van der Waals surface area (Å²) in [6.45, 7) is 4.81. The van der Waals surface area contributed by atoms with Crippen LogP contribution in [0.5, 0.6) is 0 Å². The number of piperidine rings is 1. The maximum Gasteiger partial charge on any atom is 0.131 e. The third-order valence-electron chi connectivity index (χ3n) is 7.47. The molecule has 0 spiro atoms. The number of hydrogen-bond donors (Lipinski definition) is 0. The van der Waals surface area contributed by atoms with Gasteiger partial charge in [-0.05, 0) is 56.7 Å². The van der Waals surface area contributed by atoms with Crippen LogP contribution in [0, 0.1) is 11.6 Å². The van der Waals surface area contributed by atoms with Gasteiger partial charge in [-0.3, -0.25) is 14.6 Å². The van der Waals surface area contributed by atoms with E-state index in [-0.39, 0.29) is 12.1 Å². The van der Waals surface area contributed by atoms with Crippen LogP contribution in [-0.2, 0) is 11.3 Å². The zero-order valence-electron chi connectivity index (χ0n) is 20.9. The second-order valence-corrected chi connectivity index (χ2v) is 9.98. The van der Waals surface area contributed by atoms with Crippen LogP contribution in [0.4, 0.5) is 8.78 Å². The van der Waals surface area contributed by atoms with Crippen molar-refractivity contribution in [1.29, 1.82) is 0 Å². The van der Waals surface area contributed by atoms with Crippen LogP contribution in [0.2, 0.25) is 0 Å². The third kappa shape index (κ3) is 4.99. The summed E-state index contributed by atoms with van der Waals surface area (Å²) in [6, 6.07) is 8.70. The van der Waals surface area contributed by atoms with Crippen LogP contribution in [-0.4, -0.2) is 76.0 Å². The fourth-order valence-corrected chi connectivity index (χ4v) is 5.23. The summed E-state index contributed by atoms with van der Waals surface area (Å²) >= 11 is 0.